The van der Waals surface area contributed by atoms with Crippen molar-refractivity contribution in [1.29, 1.82) is 0 Å². The molecule has 0 amide bonds. The topological polar surface area (TPSA) is 72.3 Å². The van der Waals surface area contributed by atoms with Crippen molar-refractivity contribution in [2.45, 2.75) is 6.61 Å². The molecule has 2 heterocycles. The molecule has 2 aromatic heterocycles. The Kier molecular flexibility index (Phi) is 2.03. The Balaban J connectivity index is 2.35. The third-order valence-electron chi connectivity index (χ3n) is 1.40. The molecule has 2 aromatic rings. The van der Waals surface area contributed by atoms with Crippen LogP contribution < -0.4 is 0 Å². The summed E-state index contributed by atoms with van der Waals surface area (Å²) < 4.78 is 9.69. The first-order chi connectivity index (χ1) is 6.29. The number of aromatic nitrogens is 2. The van der Waals surface area contributed by atoms with E-state index in [0.717, 1.165) is 0 Å². The minimum absolute atomic E-state index is 0.141. The first-order valence-electron chi connectivity index (χ1n) is 3.49. The van der Waals surface area contributed by atoms with Gasteiger partial charge in [0.05, 0.1) is 0 Å². The van der Waals surface area contributed by atoms with Crippen molar-refractivity contribution in [2.75, 3.05) is 0 Å². The lowest BCUT2D eigenvalue weighted by molar-refractivity contribution is 0.222. The molecule has 0 radical (unpaired) electrons. The first kappa shape index (κ1) is 8.28. The van der Waals surface area contributed by atoms with Gasteiger partial charge in [-0.05, 0) is 23.7 Å². The SMILES string of the molecule is OCc1nc(-c2ccc(Cl)o2)no1. The smallest absolute Gasteiger partial charge is 0.252 e. The predicted molar refractivity (Wildman–Crippen MR) is 42.9 cm³/mol. The molecule has 0 aromatic carbocycles. The third-order valence-corrected chi connectivity index (χ3v) is 1.60. The Morgan fingerprint density at radius 1 is 1.46 bits per heavy atom. The zero-order valence-corrected chi connectivity index (χ0v) is 7.15. The molecule has 68 valence electrons. The molecule has 0 atom stereocenters. The minimum Gasteiger partial charge on any atom is -0.441 e. The summed E-state index contributed by atoms with van der Waals surface area (Å²) >= 11 is 5.55. The number of nitrogens with zero attached hydrogens (tertiary/aromatic N) is 2. The summed E-state index contributed by atoms with van der Waals surface area (Å²) in [4.78, 5) is 3.83. The van der Waals surface area contributed by atoms with Crippen LogP contribution in [0.5, 0.6) is 0 Å². The molecular formula is C7H5ClN2O3. The monoisotopic (exact) mass is 200 g/mol. The third kappa shape index (κ3) is 1.56. The van der Waals surface area contributed by atoms with Crippen molar-refractivity contribution >= 4 is 11.6 Å². The van der Waals surface area contributed by atoms with Gasteiger partial charge < -0.3 is 14.0 Å². The molecule has 0 fully saturated rings. The maximum atomic E-state index is 8.65. The average Bonchev–Trinajstić information content (AvgIpc) is 2.71. The number of aliphatic hydroxyl groups is 1. The molecule has 0 unspecified atom stereocenters. The molecule has 0 aliphatic carbocycles. The van der Waals surface area contributed by atoms with Crippen LogP contribution in [-0.4, -0.2) is 15.2 Å². The quantitative estimate of drug-likeness (QED) is 0.795. The van der Waals surface area contributed by atoms with Crippen LogP contribution >= 0.6 is 11.6 Å². The van der Waals surface area contributed by atoms with Crippen LogP contribution in [0.1, 0.15) is 5.89 Å². The van der Waals surface area contributed by atoms with Crippen LogP contribution in [-0.2, 0) is 6.61 Å². The van der Waals surface area contributed by atoms with Gasteiger partial charge in [-0.2, -0.15) is 4.98 Å². The molecule has 0 saturated heterocycles. The van der Waals surface area contributed by atoms with Crippen LogP contribution in [0.3, 0.4) is 0 Å². The van der Waals surface area contributed by atoms with Gasteiger partial charge >= 0.3 is 0 Å². The van der Waals surface area contributed by atoms with Crippen molar-refractivity contribution in [1.82, 2.24) is 10.1 Å². The molecule has 2 rings (SSSR count). The molecule has 0 spiro atoms. The fourth-order valence-electron chi connectivity index (χ4n) is 0.854. The Hall–Kier alpha value is -1.33. The van der Waals surface area contributed by atoms with E-state index in [1.165, 1.54) is 0 Å². The van der Waals surface area contributed by atoms with Gasteiger partial charge in [-0.25, -0.2) is 0 Å². The maximum absolute atomic E-state index is 8.65. The van der Waals surface area contributed by atoms with E-state index in [-0.39, 0.29) is 23.5 Å². The minimum atomic E-state index is -0.290. The standard InChI is InChI=1S/C7H5ClN2O3/c8-5-2-1-4(12-5)7-9-6(3-11)13-10-7/h1-2,11H,3H2. The Labute approximate surface area is 77.9 Å². The zero-order chi connectivity index (χ0) is 9.26. The summed E-state index contributed by atoms with van der Waals surface area (Å²) in [5, 5.41) is 12.5. The predicted octanol–water partition coefficient (Wildman–Crippen LogP) is 1.48. The summed E-state index contributed by atoms with van der Waals surface area (Å²) in [6, 6.07) is 3.19. The number of aliphatic hydroxyl groups excluding tert-OH is 1. The van der Waals surface area contributed by atoms with Gasteiger partial charge in [-0.15, -0.1) is 0 Å². The normalized spacial score (nSPS) is 10.6. The Morgan fingerprint density at radius 2 is 2.31 bits per heavy atom. The first-order valence-corrected chi connectivity index (χ1v) is 3.86. The van der Waals surface area contributed by atoms with Gasteiger partial charge in [-0.3, -0.25) is 0 Å². The summed E-state index contributed by atoms with van der Waals surface area (Å²) in [6.45, 7) is -0.290. The Morgan fingerprint density at radius 3 is 2.85 bits per heavy atom. The second-order valence-electron chi connectivity index (χ2n) is 2.27. The number of rotatable bonds is 2. The maximum Gasteiger partial charge on any atom is 0.252 e. The van der Waals surface area contributed by atoms with E-state index in [2.05, 4.69) is 14.7 Å². The van der Waals surface area contributed by atoms with Gasteiger partial charge in [0.15, 0.2) is 11.0 Å². The van der Waals surface area contributed by atoms with E-state index >= 15 is 0 Å². The summed E-state index contributed by atoms with van der Waals surface area (Å²) in [6.07, 6.45) is 0. The van der Waals surface area contributed by atoms with E-state index in [1.807, 2.05) is 0 Å². The number of halogens is 1. The zero-order valence-electron chi connectivity index (χ0n) is 6.40. The molecule has 0 aliphatic rings. The second kappa shape index (κ2) is 3.20. The van der Waals surface area contributed by atoms with Crippen LogP contribution in [0.2, 0.25) is 5.22 Å². The molecular weight excluding hydrogens is 196 g/mol. The van der Waals surface area contributed by atoms with Crippen LogP contribution in [0.25, 0.3) is 11.6 Å². The summed E-state index contributed by atoms with van der Waals surface area (Å²) in [5.41, 5.74) is 0. The lowest BCUT2D eigenvalue weighted by Gasteiger charge is -1.83. The van der Waals surface area contributed by atoms with Crippen molar-refractivity contribution < 1.29 is 14.0 Å². The Bertz CT molecular complexity index is 409. The highest BCUT2D eigenvalue weighted by Crippen LogP contribution is 2.21. The molecule has 6 heteroatoms. The highest BCUT2D eigenvalue weighted by molar-refractivity contribution is 6.28. The highest BCUT2D eigenvalue weighted by atomic mass is 35.5. The molecule has 13 heavy (non-hydrogen) atoms. The van der Waals surface area contributed by atoms with E-state index in [0.29, 0.717) is 5.76 Å². The molecule has 0 bridgehead atoms. The van der Waals surface area contributed by atoms with Crippen LogP contribution in [0.15, 0.2) is 21.1 Å². The van der Waals surface area contributed by atoms with Gasteiger partial charge in [-0.1, -0.05) is 5.16 Å². The van der Waals surface area contributed by atoms with Gasteiger partial charge in [0.25, 0.3) is 5.89 Å². The van der Waals surface area contributed by atoms with Gasteiger partial charge in [0.2, 0.25) is 5.82 Å². The largest absolute Gasteiger partial charge is 0.441 e. The fourth-order valence-corrected chi connectivity index (χ4v) is 1.000. The number of furan rings is 1. The lowest BCUT2D eigenvalue weighted by atomic mass is 10.4. The van der Waals surface area contributed by atoms with Crippen molar-refractivity contribution in [3.8, 4) is 11.6 Å². The molecule has 5 nitrogen and oxygen atoms in total. The molecule has 0 aliphatic heterocycles. The highest BCUT2D eigenvalue weighted by Gasteiger charge is 2.10. The average molecular weight is 201 g/mol. The van der Waals surface area contributed by atoms with Crippen LogP contribution in [0.4, 0.5) is 0 Å². The number of hydrogen-bond donors (Lipinski definition) is 1. The van der Waals surface area contributed by atoms with Gasteiger partial charge in [0.1, 0.15) is 6.61 Å². The van der Waals surface area contributed by atoms with E-state index < -0.39 is 0 Å². The lowest BCUT2D eigenvalue weighted by Crippen LogP contribution is -1.81. The second-order valence-corrected chi connectivity index (χ2v) is 2.65. The van der Waals surface area contributed by atoms with Crippen molar-refractivity contribution in [2.24, 2.45) is 0 Å². The summed E-state index contributed by atoms with van der Waals surface area (Å²) in [5.74, 6) is 0.826. The van der Waals surface area contributed by atoms with Gasteiger partial charge in [0, 0.05) is 0 Å². The van der Waals surface area contributed by atoms with E-state index in [1.54, 1.807) is 12.1 Å². The molecule has 1 N–H and O–H groups in total. The summed E-state index contributed by atoms with van der Waals surface area (Å²) in [7, 11) is 0. The van der Waals surface area contributed by atoms with Crippen LogP contribution in [0, 0.1) is 0 Å². The fraction of sp³-hybridized carbons (Fsp3) is 0.143. The molecule has 0 saturated carbocycles. The van der Waals surface area contributed by atoms with Crippen molar-refractivity contribution in [3.05, 3.63) is 23.2 Å². The number of hydrogen-bond acceptors (Lipinski definition) is 5. The van der Waals surface area contributed by atoms with E-state index in [9.17, 15) is 0 Å². The van der Waals surface area contributed by atoms with Crippen molar-refractivity contribution in [3.63, 3.8) is 0 Å². The van der Waals surface area contributed by atoms with E-state index in [4.69, 9.17) is 21.1 Å².